The van der Waals surface area contributed by atoms with Crippen molar-refractivity contribution in [1.82, 2.24) is 4.98 Å². The number of rotatable bonds is 1. The van der Waals surface area contributed by atoms with Crippen LogP contribution >= 0.6 is 23.2 Å². The maximum Gasteiger partial charge on any atom is 0.228 e. The molecule has 0 atom stereocenters. The van der Waals surface area contributed by atoms with Gasteiger partial charge in [0.25, 0.3) is 0 Å². The molecular formula is C14H9Cl2NO. The van der Waals surface area contributed by atoms with E-state index in [1.165, 1.54) is 0 Å². The van der Waals surface area contributed by atoms with E-state index >= 15 is 0 Å². The molecule has 18 heavy (non-hydrogen) atoms. The van der Waals surface area contributed by atoms with Crippen molar-refractivity contribution in [3.05, 3.63) is 52.0 Å². The van der Waals surface area contributed by atoms with Crippen LogP contribution in [0.3, 0.4) is 0 Å². The third-order valence-corrected chi connectivity index (χ3v) is 3.25. The zero-order chi connectivity index (χ0) is 12.7. The first kappa shape index (κ1) is 11.6. The normalized spacial score (nSPS) is 11.1. The van der Waals surface area contributed by atoms with Crippen LogP contribution in [0.25, 0.3) is 22.6 Å². The minimum absolute atomic E-state index is 0.511. The fourth-order valence-corrected chi connectivity index (χ4v) is 2.30. The number of hydrogen-bond donors (Lipinski definition) is 0. The van der Waals surface area contributed by atoms with Crippen molar-refractivity contribution in [2.24, 2.45) is 0 Å². The molecule has 0 fully saturated rings. The molecular weight excluding hydrogens is 269 g/mol. The quantitative estimate of drug-likeness (QED) is 0.618. The van der Waals surface area contributed by atoms with E-state index < -0.39 is 0 Å². The van der Waals surface area contributed by atoms with Crippen molar-refractivity contribution in [3.8, 4) is 11.5 Å². The summed E-state index contributed by atoms with van der Waals surface area (Å²) in [5, 5.41) is 1.13. The van der Waals surface area contributed by atoms with E-state index in [1.807, 2.05) is 31.2 Å². The minimum Gasteiger partial charge on any atom is -0.436 e. The predicted octanol–water partition coefficient (Wildman–Crippen LogP) is 5.11. The third-order valence-electron chi connectivity index (χ3n) is 2.70. The standard InChI is InChI=1S/C14H9Cl2NO/c1-8-2-5-13-12(6-8)17-14(18-13)10-4-3-9(15)7-11(10)16/h2-7H,1H3. The second-order valence-corrected chi connectivity index (χ2v) is 4.96. The second kappa shape index (κ2) is 4.30. The molecule has 0 N–H and O–H groups in total. The number of halogens is 2. The Balaban J connectivity index is 2.19. The van der Waals surface area contributed by atoms with Gasteiger partial charge in [0.2, 0.25) is 5.89 Å². The van der Waals surface area contributed by atoms with Crippen molar-refractivity contribution in [1.29, 1.82) is 0 Å². The summed E-state index contributed by atoms with van der Waals surface area (Å²) in [5.41, 5.74) is 3.47. The fourth-order valence-electron chi connectivity index (χ4n) is 1.82. The molecule has 0 radical (unpaired) electrons. The Morgan fingerprint density at radius 2 is 1.89 bits per heavy atom. The molecule has 0 aliphatic carbocycles. The topological polar surface area (TPSA) is 26.0 Å². The van der Waals surface area contributed by atoms with Gasteiger partial charge in [0.05, 0.1) is 10.6 Å². The van der Waals surface area contributed by atoms with E-state index in [2.05, 4.69) is 4.98 Å². The van der Waals surface area contributed by atoms with Crippen molar-refractivity contribution in [2.75, 3.05) is 0 Å². The maximum atomic E-state index is 6.14. The van der Waals surface area contributed by atoms with Gasteiger partial charge in [0.15, 0.2) is 5.58 Å². The van der Waals surface area contributed by atoms with Crippen LogP contribution in [0.1, 0.15) is 5.56 Å². The lowest BCUT2D eigenvalue weighted by molar-refractivity contribution is 0.620. The number of fused-ring (bicyclic) bond motifs is 1. The van der Waals surface area contributed by atoms with Crippen LogP contribution in [-0.4, -0.2) is 4.98 Å². The molecule has 1 heterocycles. The monoisotopic (exact) mass is 277 g/mol. The molecule has 0 saturated heterocycles. The first-order valence-corrected chi connectivity index (χ1v) is 6.22. The second-order valence-electron chi connectivity index (χ2n) is 4.11. The number of benzene rings is 2. The number of nitrogens with zero attached hydrogens (tertiary/aromatic N) is 1. The van der Waals surface area contributed by atoms with Gasteiger partial charge in [-0.05, 0) is 42.8 Å². The van der Waals surface area contributed by atoms with Crippen LogP contribution in [0.15, 0.2) is 40.8 Å². The lowest BCUT2D eigenvalue weighted by Crippen LogP contribution is -1.79. The Hall–Kier alpha value is -1.51. The van der Waals surface area contributed by atoms with E-state index in [0.717, 1.165) is 22.2 Å². The highest BCUT2D eigenvalue weighted by molar-refractivity contribution is 6.36. The molecule has 0 spiro atoms. The molecule has 0 unspecified atom stereocenters. The van der Waals surface area contributed by atoms with E-state index in [9.17, 15) is 0 Å². The van der Waals surface area contributed by atoms with Gasteiger partial charge in [-0.3, -0.25) is 0 Å². The highest BCUT2D eigenvalue weighted by Gasteiger charge is 2.11. The van der Waals surface area contributed by atoms with Crippen molar-refractivity contribution < 1.29 is 4.42 Å². The van der Waals surface area contributed by atoms with Crippen LogP contribution in [-0.2, 0) is 0 Å². The van der Waals surface area contributed by atoms with Crippen LogP contribution in [0.2, 0.25) is 10.0 Å². The molecule has 90 valence electrons. The van der Waals surface area contributed by atoms with Gasteiger partial charge in [-0.25, -0.2) is 4.98 Å². The van der Waals surface area contributed by atoms with Gasteiger partial charge >= 0.3 is 0 Å². The molecule has 4 heteroatoms. The van der Waals surface area contributed by atoms with Gasteiger partial charge in [-0.15, -0.1) is 0 Å². The van der Waals surface area contributed by atoms with E-state index in [4.69, 9.17) is 27.6 Å². The highest BCUT2D eigenvalue weighted by atomic mass is 35.5. The molecule has 0 aliphatic rings. The predicted molar refractivity (Wildman–Crippen MR) is 74.2 cm³/mol. The highest BCUT2D eigenvalue weighted by Crippen LogP contribution is 2.31. The zero-order valence-corrected chi connectivity index (χ0v) is 11.1. The summed E-state index contributed by atoms with van der Waals surface area (Å²) in [5.74, 6) is 0.511. The average Bonchev–Trinajstić information content (AvgIpc) is 2.71. The summed E-state index contributed by atoms with van der Waals surface area (Å²) in [7, 11) is 0. The lowest BCUT2D eigenvalue weighted by atomic mass is 10.2. The summed E-state index contributed by atoms with van der Waals surface area (Å²) in [4.78, 5) is 4.44. The summed E-state index contributed by atoms with van der Waals surface area (Å²) < 4.78 is 5.69. The molecule has 0 bridgehead atoms. The number of hydrogen-bond acceptors (Lipinski definition) is 2. The maximum absolute atomic E-state index is 6.14. The third kappa shape index (κ3) is 1.98. The first-order valence-electron chi connectivity index (χ1n) is 5.46. The Morgan fingerprint density at radius 1 is 1.06 bits per heavy atom. The smallest absolute Gasteiger partial charge is 0.228 e. The molecule has 0 amide bonds. The number of oxazole rings is 1. The van der Waals surface area contributed by atoms with Gasteiger partial charge in [0.1, 0.15) is 5.52 Å². The Labute approximate surface area is 114 Å². The number of aryl methyl sites for hydroxylation is 1. The summed E-state index contributed by atoms with van der Waals surface area (Å²) in [6, 6.07) is 11.1. The van der Waals surface area contributed by atoms with E-state index in [1.54, 1.807) is 12.1 Å². The van der Waals surface area contributed by atoms with Crippen molar-refractivity contribution in [3.63, 3.8) is 0 Å². The van der Waals surface area contributed by atoms with Crippen LogP contribution < -0.4 is 0 Å². The van der Waals surface area contributed by atoms with Gasteiger partial charge in [-0.1, -0.05) is 29.3 Å². The van der Waals surface area contributed by atoms with Crippen LogP contribution in [0.5, 0.6) is 0 Å². The molecule has 0 aliphatic heterocycles. The van der Waals surface area contributed by atoms with Crippen molar-refractivity contribution in [2.45, 2.75) is 6.92 Å². The molecule has 1 aromatic heterocycles. The molecule has 2 nitrogen and oxygen atoms in total. The van der Waals surface area contributed by atoms with E-state index in [0.29, 0.717) is 15.9 Å². The van der Waals surface area contributed by atoms with Crippen LogP contribution in [0, 0.1) is 6.92 Å². The fraction of sp³-hybridized carbons (Fsp3) is 0.0714. The Kier molecular flexibility index (Phi) is 2.77. The average molecular weight is 278 g/mol. The zero-order valence-electron chi connectivity index (χ0n) is 9.58. The lowest BCUT2D eigenvalue weighted by Gasteiger charge is -1.98. The van der Waals surface area contributed by atoms with Gasteiger partial charge < -0.3 is 4.42 Å². The minimum atomic E-state index is 0.511. The van der Waals surface area contributed by atoms with Gasteiger partial charge in [-0.2, -0.15) is 0 Å². The van der Waals surface area contributed by atoms with E-state index in [-0.39, 0.29) is 0 Å². The molecule has 3 rings (SSSR count). The Morgan fingerprint density at radius 3 is 2.67 bits per heavy atom. The summed E-state index contributed by atoms with van der Waals surface area (Å²) in [6.07, 6.45) is 0. The molecule has 0 saturated carbocycles. The largest absolute Gasteiger partial charge is 0.436 e. The summed E-state index contributed by atoms with van der Waals surface area (Å²) >= 11 is 12.0. The number of aromatic nitrogens is 1. The first-order chi connectivity index (χ1) is 8.63. The summed E-state index contributed by atoms with van der Waals surface area (Å²) in [6.45, 7) is 2.02. The van der Waals surface area contributed by atoms with Gasteiger partial charge in [0, 0.05) is 5.02 Å². The van der Waals surface area contributed by atoms with Crippen LogP contribution in [0.4, 0.5) is 0 Å². The molecule has 2 aromatic carbocycles. The Bertz CT molecular complexity index is 734. The van der Waals surface area contributed by atoms with Crippen molar-refractivity contribution >= 4 is 34.3 Å². The molecule has 3 aromatic rings. The SMILES string of the molecule is Cc1ccc2oc(-c3ccc(Cl)cc3Cl)nc2c1.